The van der Waals surface area contributed by atoms with E-state index in [2.05, 4.69) is 166 Å². The molecule has 8 aromatic carbocycles. The number of aromatic nitrogens is 2. The highest BCUT2D eigenvalue weighted by Gasteiger charge is 2.37. The molecular weight excluding hydrogens is 651 g/mol. The predicted octanol–water partition coefficient (Wildman–Crippen LogP) is 13.2. The molecule has 12 rings (SSSR count). The van der Waals surface area contributed by atoms with Crippen LogP contribution < -0.4 is 14.4 Å². The molecule has 0 N–H and O–H groups in total. The first-order valence-corrected chi connectivity index (χ1v) is 17.9. The zero-order valence-electron chi connectivity index (χ0n) is 28.4. The lowest BCUT2D eigenvalue weighted by Crippen LogP contribution is -2.20. The van der Waals surface area contributed by atoms with E-state index < -0.39 is 0 Å². The number of nitrogens with zero attached hydrogens (tertiary/aromatic N) is 3. The van der Waals surface area contributed by atoms with Gasteiger partial charge < -0.3 is 18.6 Å². The Bertz CT molecular complexity index is 3110. The first-order valence-electron chi connectivity index (χ1n) is 17.9. The largest absolute Gasteiger partial charge is 0.453 e. The highest BCUT2D eigenvalue weighted by atomic mass is 16.5. The third kappa shape index (κ3) is 3.91. The number of benzene rings is 8. The summed E-state index contributed by atoms with van der Waals surface area (Å²) in [5, 5.41) is 4.68. The van der Waals surface area contributed by atoms with E-state index in [-0.39, 0.29) is 0 Å². The molecule has 0 atom stereocenters. The van der Waals surface area contributed by atoms with Crippen LogP contribution in [0.15, 0.2) is 176 Å². The summed E-state index contributed by atoms with van der Waals surface area (Å²) < 4.78 is 18.3. The third-order valence-corrected chi connectivity index (χ3v) is 10.9. The van der Waals surface area contributed by atoms with Gasteiger partial charge in [-0.05, 0) is 77.9 Å². The first kappa shape index (κ1) is 28.5. The second kappa shape index (κ2) is 10.6. The van der Waals surface area contributed by atoms with Crippen molar-refractivity contribution in [1.82, 2.24) is 9.13 Å². The monoisotopic (exact) mass is 679 g/mol. The third-order valence-electron chi connectivity index (χ3n) is 10.9. The fraction of sp³-hybridized carbons (Fsp3) is 0. The molecule has 248 valence electrons. The summed E-state index contributed by atoms with van der Waals surface area (Å²) in [6, 6.07) is 62.2. The van der Waals surface area contributed by atoms with E-state index in [1.165, 1.54) is 32.9 Å². The van der Waals surface area contributed by atoms with Crippen molar-refractivity contribution in [1.29, 1.82) is 0 Å². The molecule has 5 heteroatoms. The van der Waals surface area contributed by atoms with Gasteiger partial charge in [-0.25, -0.2) is 0 Å². The van der Waals surface area contributed by atoms with Crippen molar-refractivity contribution in [3.63, 3.8) is 0 Å². The molecule has 2 aromatic heterocycles. The van der Waals surface area contributed by atoms with Crippen LogP contribution in [-0.4, -0.2) is 9.13 Å². The fourth-order valence-corrected chi connectivity index (χ4v) is 8.69. The molecule has 0 fully saturated rings. The van der Waals surface area contributed by atoms with Gasteiger partial charge in [0.2, 0.25) is 0 Å². The highest BCUT2D eigenvalue weighted by Crippen LogP contribution is 2.62. The van der Waals surface area contributed by atoms with Crippen molar-refractivity contribution < 1.29 is 9.47 Å². The van der Waals surface area contributed by atoms with Gasteiger partial charge in [-0.2, -0.15) is 0 Å². The molecule has 0 saturated carbocycles. The molecule has 2 aliphatic rings. The average Bonchev–Trinajstić information content (AvgIpc) is 3.74. The molecule has 0 aliphatic carbocycles. The van der Waals surface area contributed by atoms with Crippen molar-refractivity contribution in [2.45, 2.75) is 0 Å². The van der Waals surface area contributed by atoms with E-state index >= 15 is 0 Å². The number of anilines is 3. The Kier molecular flexibility index (Phi) is 5.71. The number of para-hydroxylation sites is 7. The molecule has 4 heterocycles. The van der Waals surface area contributed by atoms with E-state index in [4.69, 9.17) is 9.47 Å². The zero-order chi connectivity index (χ0) is 34.6. The minimum atomic E-state index is 0.767. The van der Waals surface area contributed by atoms with Gasteiger partial charge in [0, 0.05) is 33.6 Å². The Hall–Kier alpha value is -7.24. The lowest BCUT2D eigenvalue weighted by atomic mass is 9.99. The van der Waals surface area contributed by atoms with Crippen LogP contribution in [0.3, 0.4) is 0 Å². The first-order chi connectivity index (χ1) is 26.3. The normalized spacial score (nSPS) is 12.8. The van der Waals surface area contributed by atoms with Crippen LogP contribution >= 0.6 is 0 Å². The number of ether oxygens (including phenoxy) is 2. The van der Waals surface area contributed by atoms with Crippen molar-refractivity contribution in [2.75, 3.05) is 4.90 Å². The van der Waals surface area contributed by atoms with Crippen LogP contribution in [0.4, 0.5) is 17.1 Å². The fourth-order valence-electron chi connectivity index (χ4n) is 8.69. The Morgan fingerprint density at radius 2 is 0.943 bits per heavy atom. The SMILES string of the molecule is c1ccc(-n2c3ccccc3c3c(-c4ccc(-n5c6ccccc6c6c7c8c(cc65)Oc5ccccc5N8c5ccccc5O7)cc4)cccc32)cc1. The molecule has 0 radical (unpaired) electrons. The molecule has 0 amide bonds. The lowest BCUT2D eigenvalue weighted by molar-refractivity contribution is 0.450. The Morgan fingerprint density at radius 1 is 0.377 bits per heavy atom. The van der Waals surface area contributed by atoms with Gasteiger partial charge in [0.1, 0.15) is 5.69 Å². The molecule has 0 spiro atoms. The topological polar surface area (TPSA) is 31.6 Å². The van der Waals surface area contributed by atoms with Crippen molar-refractivity contribution in [2.24, 2.45) is 0 Å². The Morgan fingerprint density at radius 3 is 1.68 bits per heavy atom. The Balaban J connectivity index is 1.07. The maximum atomic E-state index is 6.86. The van der Waals surface area contributed by atoms with Crippen LogP contribution in [-0.2, 0) is 0 Å². The predicted molar refractivity (Wildman–Crippen MR) is 215 cm³/mol. The van der Waals surface area contributed by atoms with E-state index in [1.807, 2.05) is 24.3 Å². The van der Waals surface area contributed by atoms with Crippen LogP contribution in [0, 0.1) is 0 Å². The van der Waals surface area contributed by atoms with E-state index in [0.717, 1.165) is 73.2 Å². The van der Waals surface area contributed by atoms with Gasteiger partial charge >= 0.3 is 0 Å². The maximum Gasteiger partial charge on any atom is 0.165 e. The summed E-state index contributed by atoms with van der Waals surface area (Å²) in [6.45, 7) is 0. The molecule has 0 saturated heterocycles. The molecule has 2 aliphatic heterocycles. The van der Waals surface area contributed by atoms with Crippen molar-refractivity contribution in [3.05, 3.63) is 176 Å². The molecule has 5 nitrogen and oxygen atoms in total. The smallest absolute Gasteiger partial charge is 0.165 e. The minimum Gasteiger partial charge on any atom is -0.453 e. The van der Waals surface area contributed by atoms with Crippen LogP contribution in [0.2, 0.25) is 0 Å². The van der Waals surface area contributed by atoms with Gasteiger partial charge in [-0.1, -0.05) is 103 Å². The lowest BCUT2D eigenvalue weighted by Gasteiger charge is -2.38. The van der Waals surface area contributed by atoms with Crippen LogP contribution in [0.5, 0.6) is 23.0 Å². The van der Waals surface area contributed by atoms with E-state index in [0.29, 0.717) is 0 Å². The molecular formula is C48H29N3O2. The summed E-state index contributed by atoms with van der Waals surface area (Å²) in [5.41, 5.74) is 12.0. The molecule has 53 heavy (non-hydrogen) atoms. The van der Waals surface area contributed by atoms with Gasteiger partial charge in [0.15, 0.2) is 23.0 Å². The van der Waals surface area contributed by atoms with Gasteiger partial charge in [0.05, 0.1) is 38.8 Å². The standard InChI is InChI=1S/C48H29N3O2/c1-2-13-31(14-3-1)49-36-18-6-4-15-34(36)45-33(17-12-22-40(45)49)30-25-27-32(28-26-30)50-37-19-7-5-16-35(37)46-41(50)29-44-47-48(46)53-43-24-11-9-21-39(43)51(47)38-20-8-10-23-42(38)52-44/h1-29H. The summed E-state index contributed by atoms with van der Waals surface area (Å²) in [5.74, 6) is 3.21. The number of hydrogen-bond donors (Lipinski definition) is 0. The second-order valence-corrected chi connectivity index (χ2v) is 13.7. The highest BCUT2D eigenvalue weighted by molar-refractivity contribution is 6.18. The number of rotatable bonds is 3. The van der Waals surface area contributed by atoms with Crippen molar-refractivity contribution in [3.8, 4) is 45.5 Å². The Labute approximate surface area is 304 Å². The van der Waals surface area contributed by atoms with E-state index in [1.54, 1.807) is 0 Å². The quantitative estimate of drug-likeness (QED) is 0.186. The summed E-state index contributed by atoms with van der Waals surface area (Å²) >= 11 is 0. The summed E-state index contributed by atoms with van der Waals surface area (Å²) in [7, 11) is 0. The minimum absolute atomic E-state index is 0.767. The van der Waals surface area contributed by atoms with Crippen molar-refractivity contribution >= 4 is 60.7 Å². The molecule has 0 unspecified atom stereocenters. The maximum absolute atomic E-state index is 6.86. The van der Waals surface area contributed by atoms with Crippen LogP contribution in [0.1, 0.15) is 0 Å². The van der Waals surface area contributed by atoms with Crippen LogP contribution in [0.25, 0.3) is 66.1 Å². The average molecular weight is 680 g/mol. The second-order valence-electron chi connectivity index (χ2n) is 13.7. The zero-order valence-corrected chi connectivity index (χ0v) is 28.4. The van der Waals surface area contributed by atoms with Gasteiger partial charge in [0.25, 0.3) is 0 Å². The summed E-state index contributed by atoms with van der Waals surface area (Å²) in [6.07, 6.45) is 0. The molecule has 10 aromatic rings. The molecule has 0 bridgehead atoms. The van der Waals surface area contributed by atoms with Gasteiger partial charge in [-0.3, -0.25) is 4.90 Å². The number of hydrogen-bond acceptors (Lipinski definition) is 3. The number of fused-ring (bicyclic) bond motifs is 11. The van der Waals surface area contributed by atoms with E-state index in [9.17, 15) is 0 Å². The summed E-state index contributed by atoms with van der Waals surface area (Å²) in [4.78, 5) is 2.29. The van der Waals surface area contributed by atoms with Gasteiger partial charge in [-0.15, -0.1) is 0 Å².